The molecular weight excluding hydrogens is 234 g/mol. The number of rotatable bonds is 5. The van der Waals surface area contributed by atoms with Crippen molar-refractivity contribution >= 4 is 11.6 Å². The summed E-state index contributed by atoms with van der Waals surface area (Å²) in [4.78, 5) is 11.8. The van der Waals surface area contributed by atoms with Crippen molar-refractivity contribution in [3.63, 3.8) is 0 Å². The van der Waals surface area contributed by atoms with Gasteiger partial charge in [-0.25, -0.2) is 0 Å². The lowest BCUT2D eigenvalue weighted by Gasteiger charge is -2.05. The van der Waals surface area contributed by atoms with Crippen molar-refractivity contribution < 1.29 is 4.79 Å². The smallest absolute Gasteiger partial charge is 0.224 e. The maximum absolute atomic E-state index is 11.8. The summed E-state index contributed by atoms with van der Waals surface area (Å²) in [6, 6.07) is 18.0. The van der Waals surface area contributed by atoms with Gasteiger partial charge in [0.1, 0.15) is 0 Å². The number of nitrogens with one attached hydrogen (secondary N) is 1. The van der Waals surface area contributed by atoms with Crippen LogP contribution in [0.1, 0.15) is 24.5 Å². The molecule has 2 rings (SSSR count). The zero-order valence-electron chi connectivity index (χ0n) is 11.2. The third kappa shape index (κ3) is 4.25. The molecule has 2 nitrogen and oxygen atoms in total. The summed E-state index contributed by atoms with van der Waals surface area (Å²) in [5.41, 5.74) is 3.40. The van der Waals surface area contributed by atoms with E-state index in [1.165, 1.54) is 11.1 Å². The van der Waals surface area contributed by atoms with Crippen molar-refractivity contribution in [2.75, 3.05) is 5.32 Å². The van der Waals surface area contributed by atoms with E-state index in [1.54, 1.807) is 0 Å². The van der Waals surface area contributed by atoms with Gasteiger partial charge in [-0.2, -0.15) is 0 Å². The van der Waals surface area contributed by atoms with E-state index in [4.69, 9.17) is 0 Å². The molecule has 0 atom stereocenters. The second-order valence-corrected chi connectivity index (χ2v) is 4.58. The lowest BCUT2D eigenvalue weighted by Crippen LogP contribution is -2.12. The average Bonchev–Trinajstić information content (AvgIpc) is 2.47. The quantitative estimate of drug-likeness (QED) is 0.862. The molecule has 0 fully saturated rings. The van der Waals surface area contributed by atoms with Gasteiger partial charge in [0.05, 0.1) is 0 Å². The highest BCUT2D eigenvalue weighted by Gasteiger charge is 2.02. The molecule has 0 radical (unpaired) electrons. The number of hydrogen-bond donors (Lipinski definition) is 1. The second kappa shape index (κ2) is 6.74. The maximum atomic E-state index is 11.8. The molecule has 2 aromatic carbocycles. The van der Waals surface area contributed by atoms with E-state index >= 15 is 0 Å². The molecule has 98 valence electrons. The Bertz CT molecular complexity index is 517. The molecule has 0 aliphatic rings. The summed E-state index contributed by atoms with van der Waals surface area (Å²) in [5.74, 6) is 0.0609. The van der Waals surface area contributed by atoms with Gasteiger partial charge in [-0.1, -0.05) is 49.4 Å². The Morgan fingerprint density at radius 3 is 2.21 bits per heavy atom. The van der Waals surface area contributed by atoms with E-state index in [0.29, 0.717) is 6.42 Å². The number of anilines is 1. The number of amides is 1. The summed E-state index contributed by atoms with van der Waals surface area (Å²) < 4.78 is 0. The molecule has 0 aliphatic heterocycles. The Labute approximate surface area is 114 Å². The number of aryl methyl sites for hydroxylation is 2. The van der Waals surface area contributed by atoms with E-state index in [0.717, 1.165) is 18.5 Å². The third-order valence-electron chi connectivity index (χ3n) is 3.13. The minimum absolute atomic E-state index is 0.0609. The van der Waals surface area contributed by atoms with Crippen LogP contribution in [-0.4, -0.2) is 5.91 Å². The van der Waals surface area contributed by atoms with Crippen LogP contribution in [-0.2, 0) is 17.6 Å². The van der Waals surface area contributed by atoms with Crippen LogP contribution in [0.25, 0.3) is 0 Å². The third-order valence-corrected chi connectivity index (χ3v) is 3.13. The van der Waals surface area contributed by atoms with Crippen molar-refractivity contribution in [2.45, 2.75) is 26.2 Å². The predicted molar refractivity (Wildman–Crippen MR) is 79.2 cm³/mol. The van der Waals surface area contributed by atoms with Crippen LogP contribution in [0.15, 0.2) is 54.6 Å². The first kappa shape index (κ1) is 13.3. The summed E-state index contributed by atoms with van der Waals surface area (Å²) >= 11 is 0. The monoisotopic (exact) mass is 253 g/mol. The number of hydrogen-bond acceptors (Lipinski definition) is 1. The van der Waals surface area contributed by atoms with E-state index < -0.39 is 0 Å². The first-order valence-electron chi connectivity index (χ1n) is 6.70. The zero-order chi connectivity index (χ0) is 13.5. The highest BCUT2D eigenvalue weighted by Crippen LogP contribution is 2.09. The van der Waals surface area contributed by atoms with Crippen molar-refractivity contribution in [3.8, 4) is 0 Å². The van der Waals surface area contributed by atoms with Gasteiger partial charge in [0, 0.05) is 12.1 Å². The molecule has 1 N–H and O–H groups in total. The fourth-order valence-electron chi connectivity index (χ4n) is 1.94. The molecule has 0 saturated carbocycles. The van der Waals surface area contributed by atoms with Gasteiger partial charge in [0.25, 0.3) is 0 Å². The molecule has 0 bridgehead atoms. The van der Waals surface area contributed by atoms with Gasteiger partial charge in [-0.3, -0.25) is 4.79 Å². The Hall–Kier alpha value is -2.09. The summed E-state index contributed by atoms with van der Waals surface area (Å²) in [7, 11) is 0. The first-order chi connectivity index (χ1) is 9.28. The largest absolute Gasteiger partial charge is 0.326 e. The lowest BCUT2D eigenvalue weighted by molar-refractivity contribution is -0.116. The summed E-state index contributed by atoms with van der Waals surface area (Å²) in [6.07, 6.45) is 2.35. The van der Waals surface area contributed by atoms with Crippen LogP contribution in [0.3, 0.4) is 0 Å². The SMILES string of the molecule is CCc1ccc(CCC(=O)Nc2ccccc2)cc1. The van der Waals surface area contributed by atoms with Crippen LogP contribution in [0.5, 0.6) is 0 Å². The average molecular weight is 253 g/mol. The van der Waals surface area contributed by atoms with E-state index in [-0.39, 0.29) is 5.91 Å². The molecule has 0 unspecified atom stereocenters. The molecule has 2 aromatic rings. The number of benzene rings is 2. The van der Waals surface area contributed by atoms with E-state index in [2.05, 4.69) is 36.5 Å². The second-order valence-electron chi connectivity index (χ2n) is 4.58. The normalized spacial score (nSPS) is 10.2. The molecule has 0 aromatic heterocycles. The number of carbonyl (C=O) groups excluding carboxylic acids is 1. The van der Waals surface area contributed by atoms with Gasteiger partial charge >= 0.3 is 0 Å². The van der Waals surface area contributed by atoms with Crippen LogP contribution in [0.4, 0.5) is 5.69 Å². The van der Waals surface area contributed by atoms with E-state index in [9.17, 15) is 4.79 Å². The van der Waals surface area contributed by atoms with Crippen molar-refractivity contribution in [1.29, 1.82) is 0 Å². The zero-order valence-corrected chi connectivity index (χ0v) is 11.2. The van der Waals surface area contributed by atoms with Gasteiger partial charge in [0.2, 0.25) is 5.91 Å². The Kier molecular flexibility index (Phi) is 4.73. The van der Waals surface area contributed by atoms with Crippen LogP contribution in [0, 0.1) is 0 Å². The van der Waals surface area contributed by atoms with Gasteiger partial charge in [-0.05, 0) is 36.1 Å². The van der Waals surface area contributed by atoms with Gasteiger partial charge in [0.15, 0.2) is 0 Å². The molecule has 0 heterocycles. The predicted octanol–water partition coefficient (Wildman–Crippen LogP) is 3.82. The molecule has 0 aliphatic carbocycles. The van der Waals surface area contributed by atoms with Crippen molar-refractivity contribution in [1.82, 2.24) is 0 Å². The minimum Gasteiger partial charge on any atom is -0.326 e. The first-order valence-corrected chi connectivity index (χ1v) is 6.70. The highest BCUT2D eigenvalue weighted by molar-refractivity contribution is 5.90. The number of para-hydroxylation sites is 1. The topological polar surface area (TPSA) is 29.1 Å². The van der Waals surface area contributed by atoms with Crippen LogP contribution >= 0.6 is 0 Å². The number of carbonyl (C=O) groups is 1. The Morgan fingerprint density at radius 2 is 1.58 bits per heavy atom. The van der Waals surface area contributed by atoms with Crippen molar-refractivity contribution in [3.05, 3.63) is 65.7 Å². The van der Waals surface area contributed by atoms with Crippen molar-refractivity contribution in [2.24, 2.45) is 0 Å². The molecule has 0 saturated heterocycles. The van der Waals surface area contributed by atoms with Gasteiger partial charge < -0.3 is 5.32 Å². The fourth-order valence-corrected chi connectivity index (χ4v) is 1.94. The van der Waals surface area contributed by atoms with Crippen LogP contribution < -0.4 is 5.32 Å². The Balaban J connectivity index is 1.83. The van der Waals surface area contributed by atoms with Crippen LogP contribution in [0.2, 0.25) is 0 Å². The standard InChI is InChI=1S/C17H19NO/c1-2-14-8-10-15(11-9-14)12-13-17(19)18-16-6-4-3-5-7-16/h3-11H,2,12-13H2,1H3,(H,18,19). The van der Waals surface area contributed by atoms with E-state index in [1.807, 2.05) is 30.3 Å². The highest BCUT2D eigenvalue weighted by atomic mass is 16.1. The summed E-state index contributed by atoms with van der Waals surface area (Å²) in [5, 5.41) is 2.90. The molecule has 19 heavy (non-hydrogen) atoms. The summed E-state index contributed by atoms with van der Waals surface area (Å²) in [6.45, 7) is 2.14. The molecule has 2 heteroatoms. The van der Waals surface area contributed by atoms with Gasteiger partial charge in [-0.15, -0.1) is 0 Å². The minimum atomic E-state index is 0.0609. The molecule has 0 spiro atoms. The Morgan fingerprint density at radius 1 is 0.947 bits per heavy atom. The lowest BCUT2D eigenvalue weighted by atomic mass is 10.1. The fraction of sp³-hybridized carbons (Fsp3) is 0.235. The maximum Gasteiger partial charge on any atom is 0.224 e. The molecular formula is C17H19NO. The molecule has 1 amide bonds.